The second-order valence-electron chi connectivity index (χ2n) is 2.52. The molecule has 0 aliphatic rings. The molecular weight excluding hydrogens is 152 g/mol. The summed E-state index contributed by atoms with van der Waals surface area (Å²) in [6.07, 6.45) is 0.907. The van der Waals surface area contributed by atoms with E-state index in [0.717, 1.165) is 18.8 Å². The lowest BCUT2D eigenvalue weighted by Gasteiger charge is -2.02. The van der Waals surface area contributed by atoms with Crippen LogP contribution >= 0.6 is 0 Å². The van der Waals surface area contributed by atoms with Crippen LogP contribution in [0.2, 0.25) is 0 Å². The number of benzene rings is 1. The van der Waals surface area contributed by atoms with Crippen molar-refractivity contribution in [3.8, 4) is 5.75 Å². The van der Waals surface area contributed by atoms with Crippen LogP contribution in [0, 0.1) is 6.07 Å². The first kappa shape index (κ1) is 9.07. The summed E-state index contributed by atoms with van der Waals surface area (Å²) in [6, 6.07) is 8.77. The smallest absolute Gasteiger partial charge is 0.119 e. The van der Waals surface area contributed by atoms with Crippen LogP contribution < -0.4 is 4.74 Å². The van der Waals surface area contributed by atoms with Crippen molar-refractivity contribution in [2.45, 2.75) is 6.42 Å². The van der Waals surface area contributed by atoms with E-state index in [1.807, 2.05) is 18.2 Å². The molecule has 0 N–H and O–H groups in total. The van der Waals surface area contributed by atoms with Crippen LogP contribution in [0.1, 0.15) is 5.56 Å². The van der Waals surface area contributed by atoms with Crippen LogP contribution in [0.15, 0.2) is 18.2 Å². The van der Waals surface area contributed by atoms with Gasteiger partial charge in [-0.05, 0) is 30.2 Å². The van der Waals surface area contributed by atoms with Crippen LogP contribution in [-0.2, 0) is 11.2 Å². The molecule has 12 heavy (non-hydrogen) atoms. The van der Waals surface area contributed by atoms with E-state index < -0.39 is 0 Å². The van der Waals surface area contributed by atoms with Crippen molar-refractivity contribution in [1.29, 1.82) is 0 Å². The lowest BCUT2D eigenvalue weighted by molar-refractivity contribution is 0.202. The standard InChI is InChI=1S/C10H13O2/c1-11-7-6-9-4-3-5-10(8-9)12-2/h4-5,8H,6-7H2,1-2H3. The van der Waals surface area contributed by atoms with E-state index in [2.05, 4.69) is 6.07 Å². The third kappa shape index (κ3) is 2.55. The minimum absolute atomic E-state index is 0.737. The molecule has 1 aromatic carbocycles. The number of hydrogen-bond donors (Lipinski definition) is 0. The molecule has 2 heteroatoms. The summed E-state index contributed by atoms with van der Waals surface area (Å²) in [5, 5.41) is 0. The Morgan fingerprint density at radius 1 is 1.33 bits per heavy atom. The van der Waals surface area contributed by atoms with Crippen LogP contribution in [-0.4, -0.2) is 20.8 Å². The Hall–Kier alpha value is -1.02. The number of methoxy groups -OCH3 is 2. The second-order valence-corrected chi connectivity index (χ2v) is 2.52. The topological polar surface area (TPSA) is 18.5 Å². The van der Waals surface area contributed by atoms with Crippen molar-refractivity contribution >= 4 is 0 Å². The van der Waals surface area contributed by atoms with E-state index in [9.17, 15) is 0 Å². The Morgan fingerprint density at radius 3 is 2.83 bits per heavy atom. The summed E-state index contributed by atoms with van der Waals surface area (Å²) in [5.41, 5.74) is 1.19. The summed E-state index contributed by atoms with van der Waals surface area (Å²) in [6.45, 7) is 0.737. The van der Waals surface area contributed by atoms with Crippen LogP contribution in [0.3, 0.4) is 0 Å². The van der Waals surface area contributed by atoms with Gasteiger partial charge in [-0.2, -0.15) is 0 Å². The minimum Gasteiger partial charge on any atom is -0.497 e. The van der Waals surface area contributed by atoms with Crippen molar-refractivity contribution < 1.29 is 9.47 Å². The van der Waals surface area contributed by atoms with Crippen molar-refractivity contribution in [3.05, 3.63) is 29.8 Å². The van der Waals surface area contributed by atoms with Crippen LogP contribution in [0.4, 0.5) is 0 Å². The first-order valence-electron chi connectivity index (χ1n) is 3.89. The summed E-state index contributed by atoms with van der Waals surface area (Å²) >= 11 is 0. The van der Waals surface area contributed by atoms with Crippen molar-refractivity contribution in [3.63, 3.8) is 0 Å². The molecule has 0 aromatic heterocycles. The Bertz CT molecular complexity index is 233. The first-order chi connectivity index (χ1) is 5.86. The van der Waals surface area contributed by atoms with Gasteiger partial charge in [0, 0.05) is 7.11 Å². The first-order valence-corrected chi connectivity index (χ1v) is 3.89. The van der Waals surface area contributed by atoms with E-state index in [1.165, 1.54) is 5.56 Å². The maximum Gasteiger partial charge on any atom is 0.119 e. The van der Waals surface area contributed by atoms with E-state index in [-0.39, 0.29) is 0 Å². The maximum atomic E-state index is 5.06. The molecule has 1 radical (unpaired) electrons. The maximum absolute atomic E-state index is 5.06. The van der Waals surface area contributed by atoms with Gasteiger partial charge in [-0.15, -0.1) is 0 Å². The van der Waals surface area contributed by atoms with Gasteiger partial charge in [0.05, 0.1) is 13.7 Å². The number of rotatable bonds is 4. The highest BCUT2D eigenvalue weighted by atomic mass is 16.5. The molecule has 2 nitrogen and oxygen atoms in total. The molecule has 0 saturated heterocycles. The molecule has 1 aromatic rings. The third-order valence-electron chi connectivity index (χ3n) is 1.65. The molecule has 0 fully saturated rings. The van der Waals surface area contributed by atoms with E-state index >= 15 is 0 Å². The SMILES string of the molecule is COCCc1c[c]cc(OC)c1. The highest BCUT2D eigenvalue weighted by molar-refractivity contribution is 5.27. The number of hydrogen-bond acceptors (Lipinski definition) is 2. The summed E-state index contributed by atoms with van der Waals surface area (Å²) in [7, 11) is 3.35. The number of ether oxygens (including phenoxy) is 2. The zero-order valence-electron chi connectivity index (χ0n) is 7.46. The average Bonchev–Trinajstić information content (AvgIpc) is 2.15. The molecule has 0 saturated carbocycles. The van der Waals surface area contributed by atoms with Gasteiger partial charge >= 0.3 is 0 Å². The van der Waals surface area contributed by atoms with E-state index in [1.54, 1.807) is 14.2 Å². The normalized spacial score (nSPS) is 9.83. The largest absolute Gasteiger partial charge is 0.497 e. The lowest BCUT2D eigenvalue weighted by atomic mass is 10.1. The Balaban J connectivity index is 2.60. The van der Waals surface area contributed by atoms with Gasteiger partial charge in [0.1, 0.15) is 5.75 Å². The van der Waals surface area contributed by atoms with Crippen molar-refractivity contribution in [1.82, 2.24) is 0 Å². The molecule has 1 rings (SSSR count). The molecular formula is C10H13O2. The predicted octanol–water partition coefficient (Wildman–Crippen LogP) is 1.68. The Kier molecular flexibility index (Phi) is 3.61. The van der Waals surface area contributed by atoms with E-state index in [0.29, 0.717) is 0 Å². The lowest BCUT2D eigenvalue weighted by Crippen LogP contribution is -1.94. The van der Waals surface area contributed by atoms with Crippen LogP contribution in [0.25, 0.3) is 0 Å². The van der Waals surface area contributed by atoms with Gasteiger partial charge in [-0.25, -0.2) is 0 Å². The van der Waals surface area contributed by atoms with Gasteiger partial charge in [-0.1, -0.05) is 6.07 Å². The quantitative estimate of drug-likeness (QED) is 0.675. The Labute approximate surface area is 73.1 Å². The van der Waals surface area contributed by atoms with Gasteiger partial charge < -0.3 is 9.47 Å². The summed E-state index contributed by atoms with van der Waals surface area (Å²) in [5.74, 6) is 0.851. The molecule has 0 atom stereocenters. The monoisotopic (exact) mass is 165 g/mol. The molecule has 0 amide bonds. The molecule has 0 unspecified atom stereocenters. The molecule has 0 spiro atoms. The highest BCUT2D eigenvalue weighted by Crippen LogP contribution is 2.12. The third-order valence-corrected chi connectivity index (χ3v) is 1.65. The average molecular weight is 165 g/mol. The molecule has 0 bridgehead atoms. The van der Waals surface area contributed by atoms with E-state index in [4.69, 9.17) is 9.47 Å². The fourth-order valence-electron chi connectivity index (χ4n) is 0.979. The van der Waals surface area contributed by atoms with Gasteiger partial charge in [0.15, 0.2) is 0 Å². The van der Waals surface area contributed by atoms with Gasteiger partial charge in [0.25, 0.3) is 0 Å². The van der Waals surface area contributed by atoms with Crippen molar-refractivity contribution in [2.24, 2.45) is 0 Å². The zero-order valence-corrected chi connectivity index (χ0v) is 7.46. The Morgan fingerprint density at radius 2 is 2.17 bits per heavy atom. The fourth-order valence-corrected chi connectivity index (χ4v) is 0.979. The van der Waals surface area contributed by atoms with Crippen molar-refractivity contribution in [2.75, 3.05) is 20.8 Å². The molecule has 0 aliphatic carbocycles. The van der Waals surface area contributed by atoms with Gasteiger partial charge in [-0.3, -0.25) is 0 Å². The van der Waals surface area contributed by atoms with Crippen LogP contribution in [0.5, 0.6) is 5.75 Å². The molecule has 0 aliphatic heterocycles. The summed E-state index contributed by atoms with van der Waals surface area (Å²) in [4.78, 5) is 0. The summed E-state index contributed by atoms with van der Waals surface area (Å²) < 4.78 is 10.0. The fraction of sp³-hybridized carbons (Fsp3) is 0.400. The molecule has 65 valence electrons. The predicted molar refractivity (Wildman–Crippen MR) is 47.4 cm³/mol. The van der Waals surface area contributed by atoms with Gasteiger partial charge in [0.2, 0.25) is 0 Å². The minimum atomic E-state index is 0.737. The second kappa shape index (κ2) is 4.78. The molecule has 0 heterocycles. The zero-order chi connectivity index (χ0) is 8.81. The highest BCUT2D eigenvalue weighted by Gasteiger charge is 1.94.